The van der Waals surface area contributed by atoms with E-state index in [1.807, 2.05) is 36.4 Å². The Bertz CT molecular complexity index is 834. The van der Waals surface area contributed by atoms with Crippen LogP contribution in [0.15, 0.2) is 36.4 Å². The van der Waals surface area contributed by atoms with Crippen molar-refractivity contribution in [3.63, 3.8) is 0 Å². The largest absolute Gasteiger partial charge is 0.349 e. The molecule has 0 aliphatic heterocycles. The molecule has 2 amide bonds. The first kappa shape index (κ1) is 18.7. The SMILES string of the molecule is C[C@@H]1C[C@@H](C(=O)N(C)C)CC[C@@H]1NC(=O)c1ccc2cc(Cl)ccc2c1. The van der Waals surface area contributed by atoms with E-state index >= 15 is 0 Å². The normalized spacial score (nSPS) is 22.8. The first-order valence-corrected chi connectivity index (χ1v) is 9.44. The molecule has 0 saturated heterocycles. The van der Waals surface area contributed by atoms with Gasteiger partial charge >= 0.3 is 0 Å². The van der Waals surface area contributed by atoms with E-state index in [2.05, 4.69) is 12.2 Å². The molecule has 3 rings (SSSR count). The second-order valence-corrected chi connectivity index (χ2v) is 7.94. The minimum absolute atomic E-state index is 0.0592. The molecule has 1 aliphatic carbocycles. The van der Waals surface area contributed by atoms with Gasteiger partial charge in [0, 0.05) is 36.6 Å². The number of hydrogen-bond donors (Lipinski definition) is 1. The van der Waals surface area contributed by atoms with Gasteiger partial charge in [0.25, 0.3) is 5.91 Å². The molecule has 0 radical (unpaired) electrons. The molecule has 1 saturated carbocycles. The topological polar surface area (TPSA) is 49.4 Å². The highest BCUT2D eigenvalue weighted by Crippen LogP contribution is 2.30. The summed E-state index contributed by atoms with van der Waals surface area (Å²) in [6, 6.07) is 11.4. The van der Waals surface area contributed by atoms with Crippen LogP contribution in [0.25, 0.3) is 10.8 Å². The van der Waals surface area contributed by atoms with Crippen molar-refractivity contribution in [1.82, 2.24) is 10.2 Å². The zero-order valence-electron chi connectivity index (χ0n) is 15.5. The van der Waals surface area contributed by atoms with Crippen molar-refractivity contribution < 1.29 is 9.59 Å². The van der Waals surface area contributed by atoms with Crippen LogP contribution in [-0.2, 0) is 4.79 Å². The highest BCUT2D eigenvalue weighted by Gasteiger charge is 2.33. The van der Waals surface area contributed by atoms with E-state index in [-0.39, 0.29) is 29.7 Å². The van der Waals surface area contributed by atoms with E-state index in [1.165, 1.54) is 0 Å². The lowest BCUT2D eigenvalue weighted by molar-refractivity contribution is -0.134. The zero-order valence-corrected chi connectivity index (χ0v) is 16.2. The second-order valence-electron chi connectivity index (χ2n) is 7.51. The summed E-state index contributed by atoms with van der Waals surface area (Å²) in [5.74, 6) is 0.477. The number of fused-ring (bicyclic) bond motifs is 1. The first-order valence-electron chi connectivity index (χ1n) is 9.06. The summed E-state index contributed by atoms with van der Waals surface area (Å²) in [7, 11) is 3.60. The van der Waals surface area contributed by atoms with Crippen molar-refractivity contribution in [2.45, 2.75) is 32.2 Å². The molecule has 1 fully saturated rings. The third-order valence-electron chi connectivity index (χ3n) is 5.34. The summed E-state index contributed by atoms with van der Waals surface area (Å²) in [6.45, 7) is 2.11. The number of carbonyl (C=O) groups is 2. The van der Waals surface area contributed by atoms with Crippen LogP contribution in [0.1, 0.15) is 36.5 Å². The van der Waals surface area contributed by atoms with Crippen LogP contribution in [0.5, 0.6) is 0 Å². The maximum absolute atomic E-state index is 12.7. The van der Waals surface area contributed by atoms with Gasteiger partial charge in [-0.1, -0.05) is 30.7 Å². The highest BCUT2D eigenvalue weighted by molar-refractivity contribution is 6.31. The van der Waals surface area contributed by atoms with Crippen molar-refractivity contribution in [1.29, 1.82) is 0 Å². The van der Waals surface area contributed by atoms with Gasteiger partial charge in [0.1, 0.15) is 0 Å². The van der Waals surface area contributed by atoms with Crippen LogP contribution in [0.4, 0.5) is 0 Å². The number of amides is 2. The summed E-state index contributed by atoms with van der Waals surface area (Å²) in [5.41, 5.74) is 0.651. The lowest BCUT2D eigenvalue weighted by atomic mass is 9.78. The third-order valence-corrected chi connectivity index (χ3v) is 5.58. The fourth-order valence-corrected chi connectivity index (χ4v) is 3.99. The minimum Gasteiger partial charge on any atom is -0.349 e. The molecule has 0 bridgehead atoms. The molecular formula is C21H25ClN2O2. The Morgan fingerprint density at radius 2 is 1.77 bits per heavy atom. The Morgan fingerprint density at radius 1 is 1.08 bits per heavy atom. The van der Waals surface area contributed by atoms with Crippen molar-refractivity contribution in [3.05, 3.63) is 47.0 Å². The van der Waals surface area contributed by atoms with E-state index in [0.717, 1.165) is 30.0 Å². The Kier molecular flexibility index (Phi) is 5.52. The maximum Gasteiger partial charge on any atom is 0.251 e. The van der Waals surface area contributed by atoms with Gasteiger partial charge in [-0.15, -0.1) is 0 Å². The number of carbonyl (C=O) groups excluding carboxylic acids is 2. The summed E-state index contributed by atoms with van der Waals surface area (Å²) in [6.07, 6.45) is 2.47. The Labute approximate surface area is 159 Å². The van der Waals surface area contributed by atoms with Gasteiger partial charge < -0.3 is 10.2 Å². The fraction of sp³-hybridized carbons (Fsp3) is 0.429. The minimum atomic E-state index is -0.0592. The van der Waals surface area contributed by atoms with Gasteiger partial charge in [-0.05, 0) is 60.2 Å². The van der Waals surface area contributed by atoms with Crippen LogP contribution >= 0.6 is 11.6 Å². The van der Waals surface area contributed by atoms with Gasteiger partial charge in [-0.2, -0.15) is 0 Å². The van der Waals surface area contributed by atoms with E-state index in [4.69, 9.17) is 11.6 Å². The van der Waals surface area contributed by atoms with Crippen molar-refractivity contribution >= 4 is 34.2 Å². The monoisotopic (exact) mass is 372 g/mol. The Hall–Kier alpha value is -2.07. The van der Waals surface area contributed by atoms with E-state index in [0.29, 0.717) is 10.6 Å². The molecule has 1 aliphatic rings. The van der Waals surface area contributed by atoms with Gasteiger partial charge in [0.15, 0.2) is 0 Å². The summed E-state index contributed by atoms with van der Waals surface area (Å²) in [4.78, 5) is 26.5. The molecule has 138 valence electrons. The van der Waals surface area contributed by atoms with Crippen molar-refractivity contribution in [2.75, 3.05) is 14.1 Å². The van der Waals surface area contributed by atoms with Crippen molar-refractivity contribution in [2.24, 2.45) is 11.8 Å². The number of hydrogen-bond acceptors (Lipinski definition) is 2. The smallest absolute Gasteiger partial charge is 0.251 e. The number of nitrogens with zero attached hydrogens (tertiary/aromatic N) is 1. The summed E-state index contributed by atoms with van der Waals surface area (Å²) in [5, 5.41) is 5.86. The molecule has 4 nitrogen and oxygen atoms in total. The predicted octanol–water partition coefficient (Wildman–Crippen LogP) is 4.12. The van der Waals surface area contributed by atoms with E-state index in [9.17, 15) is 9.59 Å². The summed E-state index contributed by atoms with van der Waals surface area (Å²) >= 11 is 6.01. The molecule has 3 atom stereocenters. The standard InChI is InChI=1S/C21H25ClN2O2/c1-13-10-17(21(26)24(2)3)7-9-19(13)23-20(25)16-5-4-15-12-18(22)8-6-14(15)11-16/h4-6,8,11-13,17,19H,7,9-10H2,1-3H3,(H,23,25)/t13-,17+,19+/m1/s1. The second kappa shape index (κ2) is 7.67. The van der Waals surface area contributed by atoms with Crippen LogP contribution in [0.2, 0.25) is 5.02 Å². The average Bonchev–Trinajstić information content (AvgIpc) is 2.62. The van der Waals surface area contributed by atoms with Gasteiger partial charge in [0.05, 0.1) is 0 Å². The molecule has 0 heterocycles. The number of rotatable bonds is 3. The number of benzene rings is 2. The Balaban J connectivity index is 1.67. The van der Waals surface area contributed by atoms with Gasteiger partial charge in [-0.3, -0.25) is 9.59 Å². The van der Waals surface area contributed by atoms with Crippen molar-refractivity contribution in [3.8, 4) is 0 Å². The lowest BCUT2D eigenvalue weighted by Crippen LogP contribution is -2.45. The van der Waals surface area contributed by atoms with E-state index in [1.54, 1.807) is 19.0 Å². The van der Waals surface area contributed by atoms with Gasteiger partial charge in [0.2, 0.25) is 5.91 Å². The van der Waals surface area contributed by atoms with Crippen LogP contribution in [0, 0.1) is 11.8 Å². The Morgan fingerprint density at radius 3 is 2.46 bits per heavy atom. The molecule has 0 aromatic heterocycles. The molecule has 2 aromatic carbocycles. The fourth-order valence-electron chi connectivity index (χ4n) is 3.81. The van der Waals surface area contributed by atoms with Crippen LogP contribution in [0.3, 0.4) is 0 Å². The highest BCUT2D eigenvalue weighted by atomic mass is 35.5. The molecule has 0 unspecified atom stereocenters. The third kappa shape index (κ3) is 4.01. The zero-order chi connectivity index (χ0) is 18.8. The number of nitrogens with one attached hydrogen (secondary N) is 1. The first-order chi connectivity index (χ1) is 12.3. The predicted molar refractivity (Wildman–Crippen MR) is 105 cm³/mol. The number of halogens is 1. The molecule has 5 heteroatoms. The molecule has 2 aromatic rings. The van der Waals surface area contributed by atoms with Crippen LogP contribution in [-0.4, -0.2) is 36.9 Å². The molecule has 1 N–H and O–H groups in total. The lowest BCUT2D eigenvalue weighted by Gasteiger charge is -2.35. The quantitative estimate of drug-likeness (QED) is 0.881. The molecule has 0 spiro atoms. The van der Waals surface area contributed by atoms with E-state index < -0.39 is 0 Å². The van der Waals surface area contributed by atoms with Crippen LogP contribution < -0.4 is 5.32 Å². The molecule has 26 heavy (non-hydrogen) atoms. The summed E-state index contributed by atoms with van der Waals surface area (Å²) < 4.78 is 0. The average molecular weight is 373 g/mol. The van der Waals surface area contributed by atoms with Gasteiger partial charge in [-0.25, -0.2) is 0 Å². The molecular weight excluding hydrogens is 348 g/mol. The maximum atomic E-state index is 12.7.